The number of thioether (sulfide) groups is 1. The molecule has 0 aliphatic rings. The number of aryl methyl sites for hydroxylation is 2. The van der Waals surface area contributed by atoms with Gasteiger partial charge in [-0.3, -0.25) is 4.79 Å². The zero-order valence-electron chi connectivity index (χ0n) is 10.5. The number of rotatable bonds is 8. The number of primary amides is 1. The normalized spacial score (nSPS) is 10.7. The maximum Gasteiger partial charge on any atom is 0.225 e. The predicted octanol–water partition coefficient (Wildman–Crippen LogP) is 1.01. The molecule has 0 spiro atoms. The van der Waals surface area contributed by atoms with Crippen LogP contribution in [0.25, 0.3) is 0 Å². The second-order valence-corrected chi connectivity index (χ2v) is 4.89. The lowest BCUT2D eigenvalue weighted by molar-refractivity contribution is -0.117. The first-order chi connectivity index (χ1) is 8.17. The summed E-state index contributed by atoms with van der Waals surface area (Å²) in [5, 5.41) is 4.34. The van der Waals surface area contributed by atoms with Crippen molar-refractivity contribution < 1.29 is 4.79 Å². The van der Waals surface area contributed by atoms with Crippen molar-refractivity contribution in [1.82, 2.24) is 14.8 Å². The molecule has 17 heavy (non-hydrogen) atoms. The average molecular weight is 256 g/mol. The Balaban J connectivity index is 2.74. The summed E-state index contributed by atoms with van der Waals surface area (Å²) >= 11 is 1.78. The van der Waals surface area contributed by atoms with Crippen molar-refractivity contribution in [3.63, 3.8) is 0 Å². The lowest BCUT2D eigenvalue weighted by Gasteiger charge is -2.03. The quantitative estimate of drug-likeness (QED) is 0.753. The highest BCUT2D eigenvalue weighted by Gasteiger charge is 2.11. The van der Waals surface area contributed by atoms with E-state index in [1.807, 2.05) is 4.68 Å². The third kappa shape index (κ3) is 4.77. The molecule has 0 saturated carbocycles. The van der Waals surface area contributed by atoms with Crippen molar-refractivity contribution in [2.24, 2.45) is 5.73 Å². The van der Waals surface area contributed by atoms with Crippen molar-refractivity contribution in [2.45, 2.75) is 39.2 Å². The molecule has 6 heteroatoms. The lowest BCUT2D eigenvalue weighted by atomic mass is 10.3. The highest BCUT2D eigenvalue weighted by atomic mass is 32.2. The molecular formula is C11H20N4OS. The van der Waals surface area contributed by atoms with Gasteiger partial charge in [-0.25, -0.2) is 9.67 Å². The van der Waals surface area contributed by atoms with E-state index < -0.39 is 0 Å². The topological polar surface area (TPSA) is 73.8 Å². The van der Waals surface area contributed by atoms with Crippen LogP contribution < -0.4 is 5.73 Å². The first-order valence-electron chi connectivity index (χ1n) is 5.87. The number of amides is 1. The summed E-state index contributed by atoms with van der Waals surface area (Å²) in [6, 6.07) is 0. The number of nitrogens with zero attached hydrogens (tertiary/aromatic N) is 3. The highest BCUT2D eigenvalue weighted by Crippen LogP contribution is 2.06. The minimum Gasteiger partial charge on any atom is -0.369 e. The fourth-order valence-corrected chi connectivity index (χ4v) is 1.91. The van der Waals surface area contributed by atoms with Crippen molar-refractivity contribution in [2.75, 3.05) is 12.0 Å². The van der Waals surface area contributed by atoms with Crippen molar-refractivity contribution in [3.8, 4) is 0 Å². The zero-order chi connectivity index (χ0) is 12.7. The summed E-state index contributed by atoms with van der Waals surface area (Å²) in [5.41, 5.74) is 5.15. The van der Waals surface area contributed by atoms with Crippen LogP contribution in [-0.4, -0.2) is 32.7 Å². The minimum absolute atomic E-state index is 0.130. The van der Waals surface area contributed by atoms with Gasteiger partial charge in [0.15, 0.2) is 5.82 Å². The van der Waals surface area contributed by atoms with Crippen LogP contribution in [0, 0.1) is 0 Å². The third-order valence-corrected chi connectivity index (χ3v) is 2.99. The summed E-state index contributed by atoms with van der Waals surface area (Å²) in [5.74, 6) is 2.14. The standard InChI is InChI=1S/C11H20N4OS/c1-3-4-6-15-11(5-7-17-2)13-10(14-15)8-9(12)16/h3-8H2,1-2H3,(H2,12,16). The molecule has 0 radical (unpaired) electrons. The Bertz CT molecular complexity index is 339. The van der Waals surface area contributed by atoms with Crippen LogP contribution >= 0.6 is 11.8 Å². The monoisotopic (exact) mass is 256 g/mol. The van der Waals surface area contributed by atoms with E-state index in [-0.39, 0.29) is 12.3 Å². The largest absolute Gasteiger partial charge is 0.369 e. The van der Waals surface area contributed by atoms with E-state index in [9.17, 15) is 4.79 Å². The highest BCUT2D eigenvalue weighted by molar-refractivity contribution is 7.98. The molecule has 1 rings (SSSR count). The second-order valence-electron chi connectivity index (χ2n) is 3.91. The molecule has 0 unspecified atom stereocenters. The van der Waals surface area contributed by atoms with Gasteiger partial charge in [-0.05, 0) is 12.7 Å². The Hall–Kier alpha value is -1.04. The minimum atomic E-state index is -0.381. The lowest BCUT2D eigenvalue weighted by Crippen LogP contribution is -2.14. The van der Waals surface area contributed by atoms with Crippen LogP contribution in [0.4, 0.5) is 0 Å². The van der Waals surface area contributed by atoms with Gasteiger partial charge in [0, 0.05) is 18.7 Å². The van der Waals surface area contributed by atoms with Gasteiger partial charge in [0.25, 0.3) is 0 Å². The van der Waals surface area contributed by atoms with Gasteiger partial charge in [0.1, 0.15) is 5.82 Å². The number of unbranched alkanes of at least 4 members (excludes halogenated alkanes) is 1. The Morgan fingerprint density at radius 1 is 1.53 bits per heavy atom. The second kappa shape index (κ2) is 7.32. The van der Waals surface area contributed by atoms with Gasteiger partial charge in [-0.1, -0.05) is 13.3 Å². The van der Waals surface area contributed by atoms with E-state index in [0.717, 1.165) is 37.4 Å². The summed E-state index contributed by atoms with van der Waals surface area (Å²) in [6.07, 6.45) is 5.28. The molecule has 1 aromatic heterocycles. The Kier molecular flexibility index (Phi) is 6.04. The molecule has 0 aliphatic heterocycles. The predicted molar refractivity (Wildman–Crippen MR) is 69.9 cm³/mol. The van der Waals surface area contributed by atoms with E-state index >= 15 is 0 Å². The molecule has 0 aliphatic carbocycles. The number of carbonyl (C=O) groups excluding carboxylic acids is 1. The van der Waals surface area contributed by atoms with E-state index in [2.05, 4.69) is 23.3 Å². The molecule has 1 heterocycles. The molecule has 0 atom stereocenters. The summed E-state index contributed by atoms with van der Waals surface area (Å²) in [4.78, 5) is 15.2. The van der Waals surface area contributed by atoms with Crippen LogP contribution in [0.1, 0.15) is 31.4 Å². The van der Waals surface area contributed by atoms with Crippen LogP contribution in [0.3, 0.4) is 0 Å². The number of nitrogens with two attached hydrogens (primary N) is 1. The fourth-order valence-electron chi connectivity index (χ4n) is 1.52. The van der Waals surface area contributed by atoms with Crippen LogP contribution in [-0.2, 0) is 24.2 Å². The number of carbonyl (C=O) groups is 1. The first kappa shape index (κ1) is 14.0. The van der Waals surface area contributed by atoms with E-state index in [4.69, 9.17) is 5.73 Å². The maximum absolute atomic E-state index is 10.8. The Morgan fingerprint density at radius 3 is 2.88 bits per heavy atom. The molecule has 1 aromatic rings. The van der Waals surface area contributed by atoms with Crippen molar-refractivity contribution in [1.29, 1.82) is 0 Å². The molecule has 1 amide bonds. The van der Waals surface area contributed by atoms with E-state index in [1.165, 1.54) is 0 Å². The fraction of sp³-hybridized carbons (Fsp3) is 0.727. The van der Waals surface area contributed by atoms with Gasteiger partial charge in [0.05, 0.1) is 6.42 Å². The molecule has 0 saturated heterocycles. The van der Waals surface area contributed by atoms with Gasteiger partial charge in [-0.15, -0.1) is 0 Å². The molecule has 5 nitrogen and oxygen atoms in total. The van der Waals surface area contributed by atoms with Gasteiger partial charge in [-0.2, -0.15) is 16.9 Å². The Labute approximate surface area is 106 Å². The van der Waals surface area contributed by atoms with E-state index in [0.29, 0.717) is 5.82 Å². The maximum atomic E-state index is 10.8. The summed E-state index contributed by atoms with van der Waals surface area (Å²) in [6.45, 7) is 3.01. The van der Waals surface area contributed by atoms with E-state index in [1.54, 1.807) is 11.8 Å². The van der Waals surface area contributed by atoms with Gasteiger partial charge in [0.2, 0.25) is 5.91 Å². The van der Waals surface area contributed by atoms with Gasteiger partial charge >= 0.3 is 0 Å². The first-order valence-corrected chi connectivity index (χ1v) is 7.26. The SMILES string of the molecule is CCCCn1nc(CC(N)=O)nc1CCSC. The smallest absolute Gasteiger partial charge is 0.225 e. The molecule has 96 valence electrons. The zero-order valence-corrected chi connectivity index (χ0v) is 11.3. The number of aromatic nitrogens is 3. The number of hydrogen-bond donors (Lipinski definition) is 1. The Morgan fingerprint density at radius 2 is 2.29 bits per heavy atom. The summed E-state index contributed by atoms with van der Waals surface area (Å²) in [7, 11) is 0. The molecule has 0 fully saturated rings. The van der Waals surface area contributed by atoms with Crippen LogP contribution in [0.15, 0.2) is 0 Å². The van der Waals surface area contributed by atoms with Gasteiger partial charge < -0.3 is 5.73 Å². The van der Waals surface area contributed by atoms with Crippen LogP contribution in [0.5, 0.6) is 0 Å². The van der Waals surface area contributed by atoms with Crippen LogP contribution in [0.2, 0.25) is 0 Å². The third-order valence-electron chi connectivity index (χ3n) is 2.38. The van der Waals surface area contributed by atoms with Crippen molar-refractivity contribution in [3.05, 3.63) is 11.6 Å². The van der Waals surface area contributed by atoms with Crippen molar-refractivity contribution >= 4 is 17.7 Å². The molecular weight excluding hydrogens is 236 g/mol. The summed E-state index contributed by atoms with van der Waals surface area (Å²) < 4.78 is 1.91. The molecule has 0 bridgehead atoms. The average Bonchev–Trinajstić information content (AvgIpc) is 2.64. The molecule has 0 aromatic carbocycles. The molecule has 2 N–H and O–H groups in total. The number of hydrogen-bond acceptors (Lipinski definition) is 4.